The Morgan fingerprint density at radius 3 is 2.80 bits per heavy atom. The van der Waals surface area contributed by atoms with E-state index < -0.39 is 0 Å². The van der Waals surface area contributed by atoms with Crippen molar-refractivity contribution in [2.75, 3.05) is 6.61 Å². The number of amidine groups is 1. The van der Waals surface area contributed by atoms with Crippen LogP contribution in [0.25, 0.3) is 0 Å². The molecule has 1 heterocycles. The molecule has 0 aliphatic rings. The SMILES string of the molecule is NC(Cc1ccc(OCCCn2ccnc2)cc1)=NO. The van der Waals surface area contributed by atoms with Gasteiger partial charge in [0.1, 0.15) is 11.6 Å². The molecule has 0 amide bonds. The molecule has 0 bridgehead atoms. The maximum Gasteiger partial charge on any atom is 0.143 e. The molecule has 0 unspecified atom stereocenters. The average molecular weight is 274 g/mol. The van der Waals surface area contributed by atoms with Crippen molar-refractivity contribution in [1.29, 1.82) is 0 Å². The van der Waals surface area contributed by atoms with E-state index in [-0.39, 0.29) is 5.84 Å². The number of hydrogen-bond donors (Lipinski definition) is 2. The van der Waals surface area contributed by atoms with Crippen LogP contribution >= 0.6 is 0 Å². The molecule has 2 aromatic rings. The summed E-state index contributed by atoms with van der Waals surface area (Å²) in [5.41, 5.74) is 6.43. The van der Waals surface area contributed by atoms with Crippen LogP contribution in [0.5, 0.6) is 5.75 Å². The Balaban J connectivity index is 1.73. The molecule has 0 fully saturated rings. The van der Waals surface area contributed by atoms with Crippen molar-refractivity contribution in [1.82, 2.24) is 9.55 Å². The van der Waals surface area contributed by atoms with E-state index in [4.69, 9.17) is 15.7 Å². The first kappa shape index (κ1) is 13.9. The van der Waals surface area contributed by atoms with Crippen LogP contribution < -0.4 is 10.5 Å². The first-order valence-corrected chi connectivity index (χ1v) is 6.42. The second kappa shape index (κ2) is 7.18. The molecule has 0 spiro atoms. The maximum absolute atomic E-state index is 8.50. The number of imidazole rings is 1. The minimum absolute atomic E-state index is 0.194. The van der Waals surface area contributed by atoms with E-state index in [1.807, 2.05) is 35.0 Å². The number of nitrogens with zero attached hydrogens (tertiary/aromatic N) is 3. The zero-order valence-corrected chi connectivity index (χ0v) is 11.1. The molecule has 0 saturated heterocycles. The topological polar surface area (TPSA) is 85.7 Å². The number of ether oxygens (including phenoxy) is 1. The zero-order valence-electron chi connectivity index (χ0n) is 11.1. The van der Waals surface area contributed by atoms with Crippen LogP contribution in [0.1, 0.15) is 12.0 Å². The van der Waals surface area contributed by atoms with E-state index in [9.17, 15) is 0 Å². The van der Waals surface area contributed by atoms with E-state index in [0.717, 1.165) is 24.3 Å². The lowest BCUT2D eigenvalue weighted by Crippen LogP contribution is -2.14. The van der Waals surface area contributed by atoms with Crippen molar-refractivity contribution in [2.45, 2.75) is 19.4 Å². The fourth-order valence-corrected chi connectivity index (χ4v) is 1.80. The molecule has 1 aromatic heterocycles. The highest BCUT2D eigenvalue weighted by molar-refractivity contribution is 5.82. The van der Waals surface area contributed by atoms with Crippen LogP contribution in [-0.2, 0) is 13.0 Å². The summed E-state index contributed by atoms with van der Waals surface area (Å²) >= 11 is 0. The second-order valence-electron chi connectivity index (χ2n) is 4.41. The molecule has 2 rings (SSSR count). The molecule has 6 heteroatoms. The molecule has 3 N–H and O–H groups in total. The van der Waals surface area contributed by atoms with Crippen LogP contribution in [-0.4, -0.2) is 27.2 Å². The third-order valence-electron chi connectivity index (χ3n) is 2.83. The van der Waals surface area contributed by atoms with Gasteiger partial charge in [0, 0.05) is 25.4 Å². The summed E-state index contributed by atoms with van der Waals surface area (Å²) in [7, 11) is 0. The number of hydrogen-bond acceptors (Lipinski definition) is 4. The Labute approximate surface area is 117 Å². The lowest BCUT2D eigenvalue weighted by atomic mass is 10.1. The van der Waals surface area contributed by atoms with Gasteiger partial charge in [-0.3, -0.25) is 0 Å². The van der Waals surface area contributed by atoms with Gasteiger partial charge in [-0.15, -0.1) is 0 Å². The van der Waals surface area contributed by atoms with E-state index in [1.165, 1.54) is 0 Å². The lowest BCUT2D eigenvalue weighted by molar-refractivity contribution is 0.301. The summed E-state index contributed by atoms with van der Waals surface area (Å²) in [4.78, 5) is 3.98. The molecule has 0 aliphatic carbocycles. The standard InChI is InChI=1S/C14H18N4O2/c15-14(17-19)10-12-2-4-13(5-3-12)20-9-1-7-18-8-6-16-11-18/h2-6,8,11,19H,1,7,9-10H2,(H2,15,17). The van der Waals surface area contributed by atoms with E-state index >= 15 is 0 Å². The highest BCUT2D eigenvalue weighted by Crippen LogP contribution is 2.13. The fourth-order valence-electron chi connectivity index (χ4n) is 1.80. The average Bonchev–Trinajstić information content (AvgIpc) is 2.98. The zero-order chi connectivity index (χ0) is 14.2. The molecule has 1 aromatic carbocycles. The maximum atomic E-state index is 8.50. The minimum atomic E-state index is 0.194. The number of oxime groups is 1. The summed E-state index contributed by atoms with van der Waals surface area (Å²) in [5.74, 6) is 1.01. The summed E-state index contributed by atoms with van der Waals surface area (Å²) < 4.78 is 7.66. The lowest BCUT2D eigenvalue weighted by Gasteiger charge is -2.07. The quantitative estimate of drug-likeness (QED) is 0.264. The second-order valence-corrected chi connectivity index (χ2v) is 4.41. The number of rotatable bonds is 7. The highest BCUT2D eigenvalue weighted by Gasteiger charge is 1.99. The Bertz CT molecular complexity index is 535. The van der Waals surface area contributed by atoms with Gasteiger partial charge in [0.15, 0.2) is 0 Å². The predicted molar refractivity (Wildman–Crippen MR) is 75.9 cm³/mol. The Kier molecular flexibility index (Phi) is 5.00. The summed E-state index contributed by atoms with van der Waals surface area (Å²) in [6, 6.07) is 7.58. The van der Waals surface area contributed by atoms with E-state index in [0.29, 0.717) is 13.0 Å². The molecule has 0 atom stereocenters. The molecule has 20 heavy (non-hydrogen) atoms. The van der Waals surface area contributed by atoms with Crippen molar-refractivity contribution in [3.8, 4) is 5.75 Å². The number of aromatic nitrogens is 2. The molecule has 0 radical (unpaired) electrons. The van der Waals surface area contributed by atoms with Gasteiger partial charge in [-0.2, -0.15) is 0 Å². The van der Waals surface area contributed by atoms with Crippen LogP contribution in [0, 0.1) is 0 Å². The van der Waals surface area contributed by atoms with E-state index in [1.54, 1.807) is 12.5 Å². The van der Waals surface area contributed by atoms with Crippen LogP contribution in [0.3, 0.4) is 0 Å². The van der Waals surface area contributed by atoms with Gasteiger partial charge < -0.3 is 20.2 Å². The first-order chi connectivity index (χ1) is 9.78. The highest BCUT2D eigenvalue weighted by atomic mass is 16.5. The third-order valence-corrected chi connectivity index (χ3v) is 2.83. The van der Waals surface area contributed by atoms with Crippen molar-refractivity contribution in [3.63, 3.8) is 0 Å². The molecule has 6 nitrogen and oxygen atoms in total. The van der Waals surface area contributed by atoms with Gasteiger partial charge >= 0.3 is 0 Å². The van der Waals surface area contributed by atoms with Crippen molar-refractivity contribution < 1.29 is 9.94 Å². The third kappa shape index (κ3) is 4.31. The van der Waals surface area contributed by atoms with Crippen LogP contribution in [0.4, 0.5) is 0 Å². The smallest absolute Gasteiger partial charge is 0.143 e. The van der Waals surface area contributed by atoms with Gasteiger partial charge in [-0.05, 0) is 24.1 Å². The van der Waals surface area contributed by atoms with Crippen LogP contribution in [0.2, 0.25) is 0 Å². The minimum Gasteiger partial charge on any atom is -0.494 e. The Hall–Kier alpha value is -2.50. The number of aryl methyl sites for hydroxylation is 1. The predicted octanol–water partition coefficient (Wildman–Crippen LogP) is 1.64. The van der Waals surface area contributed by atoms with Gasteiger partial charge in [-0.25, -0.2) is 4.98 Å². The van der Waals surface area contributed by atoms with Gasteiger partial charge in [-0.1, -0.05) is 17.3 Å². The van der Waals surface area contributed by atoms with Gasteiger partial charge in [0.05, 0.1) is 12.9 Å². The van der Waals surface area contributed by atoms with Crippen LogP contribution in [0.15, 0.2) is 48.1 Å². The van der Waals surface area contributed by atoms with Gasteiger partial charge in [0.2, 0.25) is 0 Å². The Morgan fingerprint density at radius 1 is 1.35 bits per heavy atom. The number of benzene rings is 1. The molecule has 0 aliphatic heterocycles. The summed E-state index contributed by atoms with van der Waals surface area (Å²) in [6.45, 7) is 1.54. The molecular formula is C14H18N4O2. The van der Waals surface area contributed by atoms with Crippen molar-refractivity contribution >= 4 is 5.84 Å². The largest absolute Gasteiger partial charge is 0.494 e. The molecule has 106 valence electrons. The summed E-state index contributed by atoms with van der Waals surface area (Å²) in [6.07, 6.45) is 6.84. The fraction of sp³-hybridized carbons (Fsp3) is 0.286. The summed E-state index contributed by atoms with van der Waals surface area (Å²) in [5, 5.41) is 11.5. The van der Waals surface area contributed by atoms with E-state index in [2.05, 4.69) is 10.1 Å². The molecular weight excluding hydrogens is 256 g/mol. The Morgan fingerprint density at radius 2 is 2.15 bits per heavy atom. The monoisotopic (exact) mass is 274 g/mol. The van der Waals surface area contributed by atoms with Crippen molar-refractivity contribution in [2.24, 2.45) is 10.9 Å². The molecule has 0 saturated carbocycles. The number of nitrogens with two attached hydrogens (primary N) is 1. The first-order valence-electron chi connectivity index (χ1n) is 6.42. The van der Waals surface area contributed by atoms with Gasteiger partial charge in [0.25, 0.3) is 0 Å². The van der Waals surface area contributed by atoms with Crippen molar-refractivity contribution in [3.05, 3.63) is 48.5 Å². The normalized spacial score (nSPS) is 11.5.